The molecule has 5 nitrogen and oxygen atoms in total. The standard InChI is InChI=1S/C13H21N5/c1-4-13(14,5-2)9-15-12-16-11-10(3)7-6-8-18(11)17-12/h6-8H,4-5,9,14H2,1-3H3,(H,15,17). The first-order valence-electron chi connectivity index (χ1n) is 6.43. The molecule has 0 amide bonds. The number of hydrogen-bond donors (Lipinski definition) is 2. The summed E-state index contributed by atoms with van der Waals surface area (Å²) in [7, 11) is 0. The van der Waals surface area contributed by atoms with Gasteiger partial charge in [0.1, 0.15) is 0 Å². The first-order chi connectivity index (χ1) is 8.58. The highest BCUT2D eigenvalue weighted by molar-refractivity contribution is 5.49. The van der Waals surface area contributed by atoms with Crippen LogP contribution < -0.4 is 11.1 Å². The van der Waals surface area contributed by atoms with Gasteiger partial charge in [0.05, 0.1) is 0 Å². The lowest BCUT2D eigenvalue weighted by molar-refractivity contribution is 0.417. The summed E-state index contributed by atoms with van der Waals surface area (Å²) in [6.45, 7) is 6.92. The van der Waals surface area contributed by atoms with Crippen molar-refractivity contribution in [3.63, 3.8) is 0 Å². The third kappa shape index (κ3) is 2.46. The Labute approximate surface area is 107 Å². The van der Waals surface area contributed by atoms with Gasteiger partial charge in [-0.1, -0.05) is 19.9 Å². The molecule has 2 rings (SSSR count). The van der Waals surface area contributed by atoms with Crippen LogP contribution in [0, 0.1) is 6.92 Å². The number of nitrogens with two attached hydrogens (primary N) is 1. The van der Waals surface area contributed by atoms with Crippen LogP contribution in [-0.4, -0.2) is 26.7 Å². The molecule has 98 valence electrons. The quantitative estimate of drug-likeness (QED) is 0.847. The lowest BCUT2D eigenvalue weighted by Gasteiger charge is -2.26. The molecular weight excluding hydrogens is 226 g/mol. The second-order valence-corrected chi connectivity index (χ2v) is 4.82. The summed E-state index contributed by atoms with van der Waals surface area (Å²) in [4.78, 5) is 4.47. The van der Waals surface area contributed by atoms with Crippen LogP contribution in [-0.2, 0) is 0 Å². The van der Waals surface area contributed by atoms with E-state index in [2.05, 4.69) is 29.2 Å². The summed E-state index contributed by atoms with van der Waals surface area (Å²) in [5.41, 5.74) is 8.05. The number of hydrogen-bond acceptors (Lipinski definition) is 4. The first kappa shape index (κ1) is 12.8. The molecule has 0 aromatic carbocycles. The molecule has 2 heterocycles. The third-order valence-electron chi connectivity index (χ3n) is 3.56. The number of pyridine rings is 1. The molecule has 0 radical (unpaired) electrons. The Morgan fingerprint density at radius 3 is 2.72 bits per heavy atom. The van der Waals surface area contributed by atoms with Crippen LogP contribution in [0.25, 0.3) is 5.65 Å². The van der Waals surface area contributed by atoms with E-state index in [9.17, 15) is 0 Å². The van der Waals surface area contributed by atoms with Crippen molar-refractivity contribution < 1.29 is 0 Å². The van der Waals surface area contributed by atoms with Crippen LogP contribution in [0.1, 0.15) is 32.3 Å². The minimum Gasteiger partial charge on any atom is -0.351 e. The van der Waals surface area contributed by atoms with Crippen molar-refractivity contribution in [2.75, 3.05) is 11.9 Å². The highest BCUT2D eigenvalue weighted by Gasteiger charge is 2.20. The number of anilines is 1. The molecular formula is C13H21N5. The van der Waals surface area contributed by atoms with Crippen LogP contribution in [0.3, 0.4) is 0 Å². The zero-order valence-electron chi connectivity index (χ0n) is 11.3. The Balaban J connectivity index is 2.15. The van der Waals surface area contributed by atoms with Crippen molar-refractivity contribution in [1.82, 2.24) is 14.6 Å². The maximum absolute atomic E-state index is 6.24. The van der Waals surface area contributed by atoms with Gasteiger partial charge in [-0.3, -0.25) is 0 Å². The SMILES string of the molecule is CCC(N)(CC)CNc1nc2c(C)cccn2n1. The minimum atomic E-state index is -0.188. The number of nitrogens with one attached hydrogen (secondary N) is 1. The predicted molar refractivity (Wildman–Crippen MR) is 73.7 cm³/mol. The van der Waals surface area contributed by atoms with E-state index in [1.54, 1.807) is 4.52 Å². The predicted octanol–water partition coefficient (Wildman–Crippen LogP) is 1.97. The Morgan fingerprint density at radius 2 is 2.11 bits per heavy atom. The van der Waals surface area contributed by atoms with Gasteiger partial charge in [-0.05, 0) is 31.4 Å². The summed E-state index contributed by atoms with van der Waals surface area (Å²) in [5, 5.41) is 7.62. The van der Waals surface area contributed by atoms with Crippen LogP contribution in [0.5, 0.6) is 0 Å². The maximum atomic E-state index is 6.24. The second-order valence-electron chi connectivity index (χ2n) is 4.82. The second kappa shape index (κ2) is 4.94. The molecule has 2 aromatic rings. The van der Waals surface area contributed by atoms with Crippen molar-refractivity contribution in [1.29, 1.82) is 0 Å². The zero-order chi connectivity index (χ0) is 13.2. The molecule has 2 aromatic heterocycles. The molecule has 0 fully saturated rings. The van der Waals surface area contributed by atoms with Gasteiger partial charge in [0.25, 0.3) is 0 Å². The molecule has 0 aliphatic carbocycles. The van der Waals surface area contributed by atoms with Crippen molar-refractivity contribution in [2.45, 2.75) is 39.2 Å². The number of aromatic nitrogens is 3. The summed E-state index contributed by atoms with van der Waals surface area (Å²) in [6.07, 6.45) is 3.77. The number of nitrogens with zero attached hydrogens (tertiary/aromatic N) is 3. The molecule has 0 bridgehead atoms. The Hall–Kier alpha value is -1.62. The van der Waals surface area contributed by atoms with Gasteiger partial charge in [-0.25, -0.2) is 4.52 Å². The average molecular weight is 247 g/mol. The molecule has 0 atom stereocenters. The molecule has 0 aliphatic rings. The van der Waals surface area contributed by atoms with Crippen LogP contribution in [0.15, 0.2) is 18.3 Å². The Bertz CT molecular complexity index is 527. The fraction of sp³-hybridized carbons (Fsp3) is 0.538. The topological polar surface area (TPSA) is 68.2 Å². The van der Waals surface area contributed by atoms with Gasteiger partial charge < -0.3 is 11.1 Å². The molecule has 0 saturated heterocycles. The van der Waals surface area contributed by atoms with E-state index in [0.29, 0.717) is 12.5 Å². The van der Waals surface area contributed by atoms with Crippen LogP contribution in [0.4, 0.5) is 5.95 Å². The summed E-state index contributed by atoms with van der Waals surface area (Å²) in [6, 6.07) is 3.99. The Morgan fingerprint density at radius 1 is 1.39 bits per heavy atom. The highest BCUT2D eigenvalue weighted by atomic mass is 15.3. The van der Waals surface area contributed by atoms with Crippen molar-refractivity contribution in [2.24, 2.45) is 5.73 Å². The van der Waals surface area contributed by atoms with Gasteiger partial charge in [0.15, 0.2) is 5.65 Å². The fourth-order valence-electron chi connectivity index (χ4n) is 1.87. The highest BCUT2D eigenvalue weighted by Crippen LogP contribution is 2.14. The first-order valence-corrected chi connectivity index (χ1v) is 6.43. The van der Waals surface area contributed by atoms with Gasteiger partial charge in [0, 0.05) is 18.3 Å². The summed E-state index contributed by atoms with van der Waals surface area (Å²) < 4.78 is 1.79. The van der Waals surface area contributed by atoms with Crippen molar-refractivity contribution >= 4 is 11.6 Å². The largest absolute Gasteiger partial charge is 0.351 e. The fourth-order valence-corrected chi connectivity index (χ4v) is 1.87. The smallest absolute Gasteiger partial charge is 0.243 e. The number of fused-ring (bicyclic) bond motifs is 1. The van der Waals surface area contributed by atoms with Crippen molar-refractivity contribution in [3.8, 4) is 0 Å². The van der Waals surface area contributed by atoms with E-state index >= 15 is 0 Å². The van der Waals surface area contributed by atoms with Crippen LogP contribution >= 0.6 is 0 Å². The van der Waals surface area contributed by atoms with Gasteiger partial charge in [-0.2, -0.15) is 4.98 Å². The van der Waals surface area contributed by atoms with Crippen molar-refractivity contribution in [3.05, 3.63) is 23.9 Å². The van der Waals surface area contributed by atoms with Gasteiger partial charge in [-0.15, -0.1) is 5.10 Å². The van der Waals surface area contributed by atoms with Gasteiger partial charge >= 0.3 is 0 Å². The van der Waals surface area contributed by atoms with E-state index in [1.807, 2.05) is 25.3 Å². The number of rotatable bonds is 5. The van der Waals surface area contributed by atoms with Gasteiger partial charge in [0.2, 0.25) is 5.95 Å². The third-order valence-corrected chi connectivity index (χ3v) is 3.56. The number of aryl methyl sites for hydroxylation is 1. The minimum absolute atomic E-state index is 0.188. The average Bonchev–Trinajstić information content (AvgIpc) is 2.81. The van der Waals surface area contributed by atoms with Crippen LogP contribution in [0.2, 0.25) is 0 Å². The van der Waals surface area contributed by atoms with E-state index in [0.717, 1.165) is 24.1 Å². The molecule has 0 aliphatic heterocycles. The van der Waals surface area contributed by atoms with E-state index in [4.69, 9.17) is 5.73 Å². The zero-order valence-corrected chi connectivity index (χ0v) is 11.3. The lowest BCUT2D eigenvalue weighted by Crippen LogP contribution is -2.45. The molecule has 18 heavy (non-hydrogen) atoms. The molecule has 0 unspecified atom stereocenters. The monoisotopic (exact) mass is 247 g/mol. The maximum Gasteiger partial charge on any atom is 0.243 e. The van der Waals surface area contributed by atoms with E-state index in [1.165, 1.54) is 0 Å². The summed E-state index contributed by atoms with van der Waals surface area (Å²) in [5.74, 6) is 0.640. The molecule has 0 spiro atoms. The molecule has 3 N–H and O–H groups in total. The van der Waals surface area contributed by atoms with E-state index < -0.39 is 0 Å². The molecule has 5 heteroatoms. The normalized spacial score (nSPS) is 12.0. The Kier molecular flexibility index (Phi) is 3.52. The molecule has 0 saturated carbocycles. The lowest BCUT2D eigenvalue weighted by atomic mass is 9.94. The van der Waals surface area contributed by atoms with E-state index in [-0.39, 0.29) is 5.54 Å². The summed E-state index contributed by atoms with van der Waals surface area (Å²) >= 11 is 0.